The van der Waals surface area contributed by atoms with Gasteiger partial charge < -0.3 is 20.1 Å². The maximum atomic E-state index is 13.4. The van der Waals surface area contributed by atoms with Crippen LogP contribution in [0.5, 0.6) is 0 Å². The second-order valence-electron chi connectivity index (χ2n) is 10.1. The van der Waals surface area contributed by atoms with Gasteiger partial charge in [-0.3, -0.25) is 4.79 Å². The number of nitrogens with one attached hydrogen (secondary N) is 2. The molecule has 6 nitrogen and oxygen atoms in total. The zero-order chi connectivity index (χ0) is 28.1. The molecule has 2 aromatic carbocycles. The summed E-state index contributed by atoms with van der Waals surface area (Å²) in [5.41, 5.74) is 2.72. The van der Waals surface area contributed by atoms with Crippen molar-refractivity contribution in [3.05, 3.63) is 44.9 Å². The summed E-state index contributed by atoms with van der Waals surface area (Å²) in [7, 11) is 1.76. The smallest absolute Gasteiger partial charge is 0.370 e. The lowest BCUT2D eigenvalue weighted by molar-refractivity contribution is -0.176. The number of fused-ring (bicyclic) bond motifs is 1. The van der Waals surface area contributed by atoms with Crippen LogP contribution in [0.25, 0.3) is 11.0 Å². The van der Waals surface area contributed by atoms with Crippen molar-refractivity contribution in [2.75, 3.05) is 23.3 Å². The number of hydrogen-bond donors (Lipinski definition) is 2. The van der Waals surface area contributed by atoms with Gasteiger partial charge in [0.2, 0.25) is 11.9 Å². The van der Waals surface area contributed by atoms with Gasteiger partial charge in [-0.15, -0.1) is 0 Å². The average molecular weight is 607 g/mol. The molecule has 1 unspecified atom stereocenters. The van der Waals surface area contributed by atoms with Crippen LogP contribution in [0.3, 0.4) is 0 Å². The summed E-state index contributed by atoms with van der Waals surface area (Å²) in [5, 5.41) is 6.86. The molecule has 3 aromatic rings. The molecule has 5 rings (SSSR count). The number of piperidine rings is 1. The molecule has 1 aromatic heterocycles. The van der Waals surface area contributed by atoms with Crippen molar-refractivity contribution in [3.8, 4) is 0 Å². The Morgan fingerprint density at radius 1 is 1.15 bits per heavy atom. The Hall–Kier alpha value is -2.43. The minimum atomic E-state index is -4.26. The van der Waals surface area contributed by atoms with Crippen LogP contribution in [0.4, 0.5) is 34.9 Å². The van der Waals surface area contributed by atoms with Crippen LogP contribution in [0.1, 0.15) is 31.2 Å². The molecule has 2 heterocycles. The summed E-state index contributed by atoms with van der Waals surface area (Å²) in [5.74, 6) is -1.57. The number of benzene rings is 2. The molecule has 0 spiro atoms. The van der Waals surface area contributed by atoms with E-state index < -0.39 is 18.3 Å². The van der Waals surface area contributed by atoms with Crippen molar-refractivity contribution < 1.29 is 22.4 Å². The second-order valence-corrected chi connectivity index (χ2v) is 11.3. The van der Waals surface area contributed by atoms with E-state index in [2.05, 4.69) is 15.6 Å². The molecule has 210 valence electrons. The molecule has 13 heteroatoms. The third-order valence-corrected chi connectivity index (χ3v) is 8.54. The number of rotatable bonds is 6. The van der Waals surface area contributed by atoms with Crippen LogP contribution >= 0.6 is 34.8 Å². The SMILES string of the molecule is Cn1c(Nc2c(Cl)ccc(CNC(=O)C3CC(F)C3)c2Cl)nc2cc(Cl)c(N3CCCC(C(F)(F)F)C3)cc21. The van der Waals surface area contributed by atoms with E-state index in [0.717, 1.165) is 0 Å². The van der Waals surface area contributed by atoms with Gasteiger partial charge in [-0.2, -0.15) is 13.2 Å². The average Bonchev–Trinajstić information content (AvgIpc) is 3.16. The molecule has 2 fully saturated rings. The molecule has 39 heavy (non-hydrogen) atoms. The minimum absolute atomic E-state index is 0.0998. The Morgan fingerprint density at radius 3 is 2.59 bits per heavy atom. The third-order valence-electron chi connectivity index (χ3n) is 7.49. The molecule has 0 radical (unpaired) electrons. The number of nitrogens with zero attached hydrogens (tertiary/aromatic N) is 3. The molecular formula is C26H26Cl3F4N5O. The van der Waals surface area contributed by atoms with Crippen LogP contribution in [0.2, 0.25) is 15.1 Å². The quantitative estimate of drug-likeness (QED) is 0.287. The van der Waals surface area contributed by atoms with Crippen molar-refractivity contribution in [1.82, 2.24) is 14.9 Å². The number of carbonyl (C=O) groups excluding carboxylic acids is 1. The van der Waals surface area contributed by atoms with Crippen molar-refractivity contribution in [2.45, 2.75) is 44.6 Å². The minimum Gasteiger partial charge on any atom is -0.370 e. The van der Waals surface area contributed by atoms with Crippen LogP contribution < -0.4 is 15.5 Å². The Bertz CT molecular complexity index is 1410. The predicted molar refractivity (Wildman–Crippen MR) is 146 cm³/mol. The molecular weight excluding hydrogens is 581 g/mol. The number of aromatic nitrogens is 2. The number of amides is 1. The number of aryl methyl sites for hydroxylation is 1. The number of alkyl halides is 4. The van der Waals surface area contributed by atoms with Crippen molar-refractivity contribution in [2.24, 2.45) is 18.9 Å². The monoisotopic (exact) mass is 605 g/mol. The first-order valence-corrected chi connectivity index (χ1v) is 13.7. The van der Waals surface area contributed by atoms with E-state index in [-0.39, 0.29) is 49.2 Å². The summed E-state index contributed by atoms with van der Waals surface area (Å²) in [6, 6.07) is 6.71. The van der Waals surface area contributed by atoms with Crippen LogP contribution in [0.15, 0.2) is 24.3 Å². The maximum absolute atomic E-state index is 13.4. The van der Waals surface area contributed by atoms with Crippen molar-refractivity contribution in [1.29, 1.82) is 0 Å². The normalized spacial score (nSPS) is 21.6. The Balaban J connectivity index is 1.38. The van der Waals surface area contributed by atoms with E-state index in [1.54, 1.807) is 40.8 Å². The van der Waals surface area contributed by atoms with Crippen LogP contribution in [-0.2, 0) is 18.4 Å². The van der Waals surface area contributed by atoms with Gasteiger partial charge in [0, 0.05) is 32.6 Å². The van der Waals surface area contributed by atoms with E-state index in [1.807, 2.05) is 0 Å². The van der Waals surface area contributed by atoms with E-state index >= 15 is 0 Å². The first kappa shape index (κ1) is 28.1. The van der Waals surface area contributed by atoms with E-state index in [1.165, 1.54) is 0 Å². The number of carbonyl (C=O) groups is 1. The fourth-order valence-electron chi connectivity index (χ4n) is 5.07. The maximum Gasteiger partial charge on any atom is 0.393 e. The third kappa shape index (κ3) is 5.74. The summed E-state index contributed by atoms with van der Waals surface area (Å²) in [4.78, 5) is 18.5. The predicted octanol–water partition coefficient (Wildman–Crippen LogP) is 7.42. The topological polar surface area (TPSA) is 62.2 Å². The highest BCUT2D eigenvalue weighted by Crippen LogP contribution is 2.40. The first-order chi connectivity index (χ1) is 18.4. The number of hydrogen-bond acceptors (Lipinski definition) is 4. The standard InChI is InChI=1S/C26H26Cl3F4N5O/c1-37-21-10-20(38-6-2-3-15(12-38)26(31,32)33)18(28)9-19(21)35-25(37)36-23-17(27)5-4-13(22(23)29)11-34-24(39)14-7-16(30)8-14/h4-5,9-10,14-16H,2-3,6-8,11-12H2,1H3,(H,34,39)(H,35,36). The molecule has 1 amide bonds. The number of anilines is 3. The lowest BCUT2D eigenvalue weighted by atomic mass is 9.83. The molecule has 2 N–H and O–H groups in total. The van der Waals surface area contributed by atoms with Gasteiger partial charge in [0.25, 0.3) is 0 Å². The second kappa shape index (κ2) is 10.9. The fraction of sp³-hybridized carbons (Fsp3) is 0.462. The molecule has 1 saturated carbocycles. The van der Waals surface area contributed by atoms with Gasteiger partial charge in [0.05, 0.1) is 43.4 Å². The van der Waals surface area contributed by atoms with E-state index in [4.69, 9.17) is 34.8 Å². The summed E-state index contributed by atoms with van der Waals surface area (Å²) >= 11 is 19.6. The molecule has 1 saturated heterocycles. The highest BCUT2D eigenvalue weighted by Gasteiger charge is 2.42. The van der Waals surface area contributed by atoms with Gasteiger partial charge in [0.15, 0.2) is 0 Å². The number of imidazole rings is 1. The Labute approximate surface area is 237 Å². The lowest BCUT2D eigenvalue weighted by Crippen LogP contribution is -2.41. The molecule has 0 bridgehead atoms. The molecule has 2 aliphatic rings. The lowest BCUT2D eigenvalue weighted by Gasteiger charge is -2.35. The van der Waals surface area contributed by atoms with E-state index in [9.17, 15) is 22.4 Å². The van der Waals surface area contributed by atoms with Gasteiger partial charge in [-0.1, -0.05) is 40.9 Å². The van der Waals surface area contributed by atoms with Gasteiger partial charge in [-0.25, -0.2) is 9.37 Å². The fourth-order valence-corrected chi connectivity index (χ4v) is 5.88. The highest BCUT2D eigenvalue weighted by atomic mass is 35.5. The van der Waals surface area contributed by atoms with Crippen LogP contribution in [0, 0.1) is 11.8 Å². The van der Waals surface area contributed by atoms with Gasteiger partial charge in [0.1, 0.15) is 6.17 Å². The zero-order valence-electron chi connectivity index (χ0n) is 20.9. The Morgan fingerprint density at radius 2 is 1.90 bits per heavy atom. The van der Waals surface area contributed by atoms with Crippen molar-refractivity contribution >= 4 is 69.1 Å². The molecule has 1 aliphatic carbocycles. The summed E-state index contributed by atoms with van der Waals surface area (Å²) in [6.45, 7) is 0.471. The molecule has 1 atom stereocenters. The zero-order valence-corrected chi connectivity index (χ0v) is 23.2. The Kier molecular flexibility index (Phi) is 7.83. The highest BCUT2D eigenvalue weighted by molar-refractivity contribution is 6.39. The van der Waals surface area contributed by atoms with Crippen molar-refractivity contribution in [3.63, 3.8) is 0 Å². The van der Waals surface area contributed by atoms with Gasteiger partial charge in [-0.05, 0) is 49.4 Å². The van der Waals surface area contributed by atoms with E-state index in [0.29, 0.717) is 56.9 Å². The molecule has 1 aliphatic heterocycles. The summed E-state index contributed by atoms with van der Waals surface area (Å²) < 4.78 is 54.9. The van der Waals surface area contributed by atoms with Crippen LogP contribution in [-0.4, -0.2) is 40.9 Å². The van der Waals surface area contributed by atoms with Gasteiger partial charge >= 0.3 is 6.18 Å². The first-order valence-electron chi connectivity index (χ1n) is 12.6. The number of halogens is 7. The summed E-state index contributed by atoms with van der Waals surface area (Å²) in [6.07, 6.45) is -4.21. The largest absolute Gasteiger partial charge is 0.393 e.